The van der Waals surface area contributed by atoms with Crippen LogP contribution in [0.2, 0.25) is 0 Å². The highest BCUT2D eigenvalue weighted by molar-refractivity contribution is 5.71. The lowest BCUT2D eigenvalue weighted by atomic mass is 10.0. The highest BCUT2D eigenvalue weighted by Crippen LogP contribution is 2.15. The lowest BCUT2D eigenvalue weighted by Crippen LogP contribution is -2.30. The average Bonchev–Trinajstić information content (AvgIpc) is 3.26. The Morgan fingerprint density at radius 1 is 0.344 bits per heavy atom. The Morgan fingerprint density at radius 3 is 1.00 bits per heavy atom. The summed E-state index contributed by atoms with van der Waals surface area (Å²) < 4.78 is 16.7. The third kappa shape index (κ3) is 48.0. The fraction of sp³-hybridized carbons (Fsp3) is 0.764. The van der Waals surface area contributed by atoms with Gasteiger partial charge in [-0.1, -0.05) is 229 Å². The molecule has 0 aliphatic carbocycles. The highest BCUT2D eigenvalue weighted by Gasteiger charge is 2.19. The number of carbonyl (C=O) groups is 3. The molecule has 0 rings (SSSR count). The minimum atomic E-state index is -0.776. The number of unbranched alkanes of at least 4 members (excludes halogenated alkanes) is 25. The van der Waals surface area contributed by atoms with Crippen molar-refractivity contribution in [3.05, 3.63) is 60.8 Å². The number of hydrogen-bond donors (Lipinski definition) is 0. The molecule has 61 heavy (non-hydrogen) atoms. The second-order valence-electron chi connectivity index (χ2n) is 17.1. The maximum Gasteiger partial charge on any atom is 0.306 e. The first-order valence-corrected chi connectivity index (χ1v) is 25.8. The first-order valence-electron chi connectivity index (χ1n) is 25.8. The Hall–Kier alpha value is -2.89. The van der Waals surface area contributed by atoms with Crippen LogP contribution in [0, 0.1) is 0 Å². The molecule has 0 N–H and O–H groups in total. The van der Waals surface area contributed by atoms with Gasteiger partial charge >= 0.3 is 17.9 Å². The van der Waals surface area contributed by atoms with Gasteiger partial charge < -0.3 is 14.2 Å². The van der Waals surface area contributed by atoms with Crippen molar-refractivity contribution >= 4 is 17.9 Å². The van der Waals surface area contributed by atoms with E-state index < -0.39 is 6.10 Å². The molecule has 0 aliphatic heterocycles. The van der Waals surface area contributed by atoms with Gasteiger partial charge in [-0.3, -0.25) is 14.4 Å². The van der Waals surface area contributed by atoms with Gasteiger partial charge in [0.1, 0.15) is 13.2 Å². The first kappa shape index (κ1) is 58.1. The number of rotatable bonds is 46. The molecular weight excluding hydrogens is 757 g/mol. The van der Waals surface area contributed by atoms with Crippen molar-refractivity contribution in [2.45, 2.75) is 258 Å². The monoisotopic (exact) mass is 853 g/mol. The van der Waals surface area contributed by atoms with E-state index >= 15 is 0 Å². The third-order valence-electron chi connectivity index (χ3n) is 11.0. The SMILES string of the molecule is CC/C=C\C/C=C\C/C=C\C/C=C\C/C=C\CCCCCCCC(=O)OCC(COC(=O)CCCCCCCCCCC)OC(=O)CCCCCCCCCCCCCCC. The summed E-state index contributed by atoms with van der Waals surface area (Å²) >= 11 is 0. The Balaban J connectivity index is 4.32. The Morgan fingerprint density at radius 2 is 0.639 bits per heavy atom. The Labute approximate surface area is 377 Å². The van der Waals surface area contributed by atoms with E-state index in [0.717, 1.165) is 109 Å². The van der Waals surface area contributed by atoms with Crippen LogP contribution in [0.25, 0.3) is 0 Å². The fourth-order valence-electron chi connectivity index (χ4n) is 7.17. The van der Waals surface area contributed by atoms with Gasteiger partial charge in [0.15, 0.2) is 6.10 Å². The van der Waals surface area contributed by atoms with E-state index in [1.54, 1.807) is 0 Å². The van der Waals surface area contributed by atoms with Crippen LogP contribution in [0.5, 0.6) is 0 Å². The predicted octanol–water partition coefficient (Wildman–Crippen LogP) is 16.9. The molecule has 0 aliphatic rings. The van der Waals surface area contributed by atoms with Crippen LogP contribution in [0.3, 0.4) is 0 Å². The van der Waals surface area contributed by atoms with Crippen molar-refractivity contribution in [3.63, 3.8) is 0 Å². The molecule has 0 amide bonds. The number of ether oxygens (including phenoxy) is 3. The van der Waals surface area contributed by atoms with Crippen LogP contribution in [0.1, 0.15) is 252 Å². The normalized spacial score (nSPS) is 12.5. The second kappa shape index (κ2) is 49.8. The predicted molar refractivity (Wildman–Crippen MR) is 261 cm³/mol. The molecule has 0 spiro atoms. The van der Waals surface area contributed by atoms with Crippen molar-refractivity contribution in [3.8, 4) is 0 Å². The lowest BCUT2D eigenvalue weighted by Gasteiger charge is -2.18. The Kier molecular flexibility index (Phi) is 47.4. The summed E-state index contributed by atoms with van der Waals surface area (Å²) in [6.07, 6.45) is 60.6. The van der Waals surface area contributed by atoms with Crippen LogP contribution in [-0.4, -0.2) is 37.2 Å². The summed E-state index contributed by atoms with van der Waals surface area (Å²) in [6.45, 7) is 6.49. The molecule has 0 saturated carbocycles. The summed E-state index contributed by atoms with van der Waals surface area (Å²) in [5.74, 6) is -0.894. The van der Waals surface area contributed by atoms with Crippen LogP contribution in [0.15, 0.2) is 60.8 Å². The zero-order valence-electron chi connectivity index (χ0n) is 40.2. The van der Waals surface area contributed by atoms with Crippen LogP contribution in [0.4, 0.5) is 0 Å². The van der Waals surface area contributed by atoms with E-state index in [1.165, 1.54) is 103 Å². The summed E-state index contributed by atoms with van der Waals surface area (Å²) in [7, 11) is 0. The number of carbonyl (C=O) groups excluding carboxylic acids is 3. The number of allylic oxidation sites excluding steroid dienone is 10. The molecule has 6 nitrogen and oxygen atoms in total. The molecule has 0 fully saturated rings. The maximum absolute atomic E-state index is 12.8. The molecule has 0 aromatic carbocycles. The van der Waals surface area contributed by atoms with Crippen molar-refractivity contribution in [2.24, 2.45) is 0 Å². The number of hydrogen-bond acceptors (Lipinski definition) is 6. The molecule has 0 aromatic heterocycles. The molecule has 0 bridgehead atoms. The van der Waals surface area contributed by atoms with E-state index in [4.69, 9.17) is 14.2 Å². The van der Waals surface area contributed by atoms with E-state index in [-0.39, 0.29) is 31.1 Å². The van der Waals surface area contributed by atoms with E-state index in [9.17, 15) is 14.4 Å². The first-order chi connectivity index (χ1) is 30.0. The van der Waals surface area contributed by atoms with Gasteiger partial charge in [0, 0.05) is 19.3 Å². The van der Waals surface area contributed by atoms with Crippen molar-refractivity contribution in [2.75, 3.05) is 13.2 Å². The highest BCUT2D eigenvalue weighted by atomic mass is 16.6. The standard InChI is InChI=1S/C55H96O6/c1-4-7-10-13-16-19-21-23-24-25-26-27-28-29-30-32-33-36-39-42-45-48-54(57)60-51-52(50-59-53(56)47-44-41-38-35-18-15-12-9-6-3)61-55(58)49-46-43-40-37-34-31-22-20-17-14-11-8-5-2/h7,10,16,19,23-24,26-27,29-30,52H,4-6,8-9,11-15,17-18,20-22,25,28,31-51H2,1-3H3/b10-7-,19-16-,24-23-,27-26-,30-29-. The van der Waals surface area contributed by atoms with Crippen molar-refractivity contribution in [1.82, 2.24) is 0 Å². The largest absolute Gasteiger partial charge is 0.462 e. The van der Waals surface area contributed by atoms with Crippen molar-refractivity contribution in [1.29, 1.82) is 0 Å². The topological polar surface area (TPSA) is 78.9 Å². The van der Waals surface area contributed by atoms with Gasteiger partial charge in [-0.05, 0) is 64.2 Å². The van der Waals surface area contributed by atoms with Gasteiger partial charge in [-0.15, -0.1) is 0 Å². The maximum atomic E-state index is 12.8. The second-order valence-corrected chi connectivity index (χ2v) is 17.1. The molecular formula is C55H96O6. The number of esters is 3. The Bertz CT molecular complexity index is 1120. The molecule has 0 saturated heterocycles. The van der Waals surface area contributed by atoms with Gasteiger partial charge in [0.25, 0.3) is 0 Å². The quantitative estimate of drug-likeness (QED) is 0.0263. The summed E-state index contributed by atoms with van der Waals surface area (Å²) in [4.78, 5) is 37.9. The zero-order chi connectivity index (χ0) is 44.4. The van der Waals surface area contributed by atoms with Crippen LogP contribution < -0.4 is 0 Å². The zero-order valence-corrected chi connectivity index (χ0v) is 40.2. The van der Waals surface area contributed by atoms with Crippen LogP contribution in [-0.2, 0) is 28.6 Å². The molecule has 6 heteroatoms. The fourth-order valence-corrected chi connectivity index (χ4v) is 7.17. The van der Waals surface area contributed by atoms with Crippen LogP contribution >= 0.6 is 0 Å². The molecule has 1 unspecified atom stereocenters. The summed E-state index contributed by atoms with van der Waals surface area (Å²) in [5.41, 5.74) is 0. The van der Waals surface area contributed by atoms with E-state index in [2.05, 4.69) is 81.5 Å². The minimum absolute atomic E-state index is 0.0776. The van der Waals surface area contributed by atoms with Gasteiger partial charge in [0.05, 0.1) is 0 Å². The third-order valence-corrected chi connectivity index (χ3v) is 11.0. The van der Waals surface area contributed by atoms with E-state index in [1.807, 2.05) is 0 Å². The molecule has 0 radical (unpaired) electrons. The minimum Gasteiger partial charge on any atom is -0.462 e. The van der Waals surface area contributed by atoms with E-state index in [0.29, 0.717) is 19.3 Å². The molecule has 352 valence electrons. The summed E-state index contributed by atoms with van der Waals surface area (Å²) in [6, 6.07) is 0. The summed E-state index contributed by atoms with van der Waals surface area (Å²) in [5, 5.41) is 0. The lowest BCUT2D eigenvalue weighted by molar-refractivity contribution is -0.167. The van der Waals surface area contributed by atoms with Crippen molar-refractivity contribution < 1.29 is 28.6 Å². The van der Waals surface area contributed by atoms with Gasteiger partial charge in [-0.25, -0.2) is 0 Å². The molecule has 1 atom stereocenters. The van der Waals surface area contributed by atoms with Gasteiger partial charge in [-0.2, -0.15) is 0 Å². The smallest absolute Gasteiger partial charge is 0.306 e. The van der Waals surface area contributed by atoms with Gasteiger partial charge in [0.2, 0.25) is 0 Å². The molecule has 0 aromatic rings. The molecule has 0 heterocycles. The average molecular weight is 853 g/mol.